The average molecular weight is 419 g/mol. The molecule has 1 N–H and O–H groups in total. The van der Waals surface area contributed by atoms with Crippen LogP contribution in [0.15, 0.2) is 72.8 Å². The van der Waals surface area contributed by atoms with Gasteiger partial charge in [0, 0.05) is 23.0 Å². The maximum absolute atomic E-state index is 12.6. The highest BCUT2D eigenvalue weighted by Gasteiger charge is 2.34. The Balaban J connectivity index is 1.51. The highest BCUT2D eigenvalue weighted by molar-refractivity contribution is 8.00. The van der Waals surface area contributed by atoms with Crippen molar-refractivity contribution in [1.29, 1.82) is 0 Å². The van der Waals surface area contributed by atoms with Gasteiger partial charge in [0.1, 0.15) is 11.1 Å². The molecule has 5 nitrogen and oxygen atoms in total. The predicted octanol–water partition coefficient (Wildman–Crippen LogP) is 5.03. The van der Waals surface area contributed by atoms with Crippen LogP contribution in [0.4, 0.5) is 11.4 Å². The number of hydrogen-bond donors (Lipinski definition) is 1. The molecular formula is C24H22N2O3S. The number of nitrogens with one attached hydrogen (secondary N) is 1. The Morgan fingerprint density at radius 2 is 1.80 bits per heavy atom. The first-order valence-corrected chi connectivity index (χ1v) is 10.7. The Kier molecular flexibility index (Phi) is 5.77. The molecule has 0 saturated carbocycles. The molecule has 1 saturated heterocycles. The zero-order chi connectivity index (χ0) is 21.1. The number of carbonyl (C=O) groups is 2. The molecule has 1 aliphatic heterocycles. The highest BCUT2D eigenvalue weighted by atomic mass is 32.2. The summed E-state index contributed by atoms with van der Waals surface area (Å²) in [6, 6.07) is 22.6. The monoisotopic (exact) mass is 418 g/mol. The van der Waals surface area contributed by atoms with Gasteiger partial charge in [0.25, 0.3) is 5.91 Å². The largest absolute Gasteiger partial charge is 0.497 e. The van der Waals surface area contributed by atoms with Crippen LogP contribution in [-0.2, 0) is 4.79 Å². The number of nitrogens with zero attached hydrogens (tertiary/aromatic N) is 1. The molecule has 3 aromatic carbocycles. The number of thioether (sulfide) groups is 1. The molecule has 1 fully saturated rings. The second kappa shape index (κ2) is 8.63. The molecule has 2 amide bonds. The van der Waals surface area contributed by atoms with Gasteiger partial charge in [0.2, 0.25) is 5.91 Å². The minimum Gasteiger partial charge on any atom is -0.497 e. The van der Waals surface area contributed by atoms with Gasteiger partial charge in [0.05, 0.1) is 12.9 Å². The van der Waals surface area contributed by atoms with Gasteiger partial charge >= 0.3 is 0 Å². The number of benzene rings is 3. The van der Waals surface area contributed by atoms with Crippen LogP contribution in [0.1, 0.15) is 26.9 Å². The lowest BCUT2D eigenvalue weighted by Gasteiger charge is -2.25. The third kappa shape index (κ3) is 4.19. The first kappa shape index (κ1) is 20.0. The number of hydrogen-bond acceptors (Lipinski definition) is 4. The van der Waals surface area contributed by atoms with Crippen LogP contribution in [0.25, 0.3) is 0 Å². The number of aryl methyl sites for hydroxylation is 1. The molecule has 6 heteroatoms. The van der Waals surface area contributed by atoms with E-state index in [1.165, 1.54) is 0 Å². The fourth-order valence-electron chi connectivity index (χ4n) is 3.35. The molecule has 1 heterocycles. The normalized spacial score (nSPS) is 15.9. The van der Waals surface area contributed by atoms with Crippen molar-refractivity contribution in [3.63, 3.8) is 0 Å². The third-order valence-electron chi connectivity index (χ3n) is 4.97. The molecule has 3 aromatic rings. The van der Waals surface area contributed by atoms with Crippen molar-refractivity contribution in [3.8, 4) is 5.75 Å². The standard InChI is InChI=1S/C24H22N2O3S/c1-16-6-8-17(9-7-16)23(28)25-19-12-10-18(11-13-19)24-26(22(27)15-30-24)20-4-3-5-21(14-20)29-2/h3-14,24H,15H2,1-2H3,(H,25,28)/t24-/m1/s1. The van der Waals surface area contributed by atoms with E-state index in [1.54, 1.807) is 23.8 Å². The van der Waals surface area contributed by atoms with Gasteiger partial charge in [0.15, 0.2) is 0 Å². The van der Waals surface area contributed by atoms with Gasteiger partial charge in [-0.1, -0.05) is 35.9 Å². The minimum atomic E-state index is -0.147. The van der Waals surface area contributed by atoms with Crippen LogP contribution in [0.5, 0.6) is 5.75 Å². The van der Waals surface area contributed by atoms with Crippen molar-refractivity contribution in [2.24, 2.45) is 0 Å². The van der Waals surface area contributed by atoms with E-state index in [2.05, 4.69) is 5.32 Å². The molecular weight excluding hydrogens is 396 g/mol. The van der Waals surface area contributed by atoms with Crippen molar-refractivity contribution in [2.75, 3.05) is 23.1 Å². The molecule has 0 bridgehead atoms. The Labute approximate surface area is 180 Å². The predicted molar refractivity (Wildman–Crippen MR) is 121 cm³/mol. The smallest absolute Gasteiger partial charge is 0.255 e. The molecule has 152 valence electrons. The molecule has 0 spiro atoms. The Morgan fingerprint density at radius 1 is 1.07 bits per heavy atom. The number of ether oxygens (including phenoxy) is 1. The summed E-state index contributed by atoms with van der Waals surface area (Å²) in [4.78, 5) is 26.8. The van der Waals surface area contributed by atoms with E-state index >= 15 is 0 Å². The summed E-state index contributed by atoms with van der Waals surface area (Å²) >= 11 is 1.59. The molecule has 30 heavy (non-hydrogen) atoms. The molecule has 0 aliphatic carbocycles. The topological polar surface area (TPSA) is 58.6 Å². The van der Waals surface area contributed by atoms with E-state index in [0.717, 1.165) is 16.8 Å². The van der Waals surface area contributed by atoms with Crippen LogP contribution >= 0.6 is 11.8 Å². The summed E-state index contributed by atoms with van der Waals surface area (Å²) in [5.74, 6) is 1.06. The van der Waals surface area contributed by atoms with Crippen molar-refractivity contribution in [3.05, 3.63) is 89.5 Å². The summed E-state index contributed by atoms with van der Waals surface area (Å²) in [5, 5.41) is 2.80. The summed E-state index contributed by atoms with van der Waals surface area (Å²) in [6.07, 6.45) is 0. The molecule has 0 radical (unpaired) electrons. The van der Waals surface area contributed by atoms with Crippen LogP contribution in [-0.4, -0.2) is 24.7 Å². The lowest BCUT2D eigenvalue weighted by molar-refractivity contribution is -0.115. The van der Waals surface area contributed by atoms with E-state index in [9.17, 15) is 9.59 Å². The Morgan fingerprint density at radius 3 is 2.50 bits per heavy atom. The van der Waals surface area contributed by atoms with E-state index in [-0.39, 0.29) is 17.2 Å². The van der Waals surface area contributed by atoms with E-state index < -0.39 is 0 Å². The fourth-order valence-corrected chi connectivity index (χ4v) is 4.53. The van der Waals surface area contributed by atoms with Gasteiger partial charge in [-0.15, -0.1) is 11.8 Å². The number of methoxy groups -OCH3 is 1. The van der Waals surface area contributed by atoms with Crippen LogP contribution in [0.2, 0.25) is 0 Å². The zero-order valence-electron chi connectivity index (χ0n) is 16.8. The molecule has 1 atom stereocenters. The minimum absolute atomic E-state index is 0.0648. The number of rotatable bonds is 5. The maximum atomic E-state index is 12.6. The lowest BCUT2D eigenvalue weighted by Crippen LogP contribution is -2.27. The first-order valence-electron chi connectivity index (χ1n) is 9.61. The summed E-state index contributed by atoms with van der Waals surface area (Å²) in [6.45, 7) is 1.99. The summed E-state index contributed by atoms with van der Waals surface area (Å²) in [7, 11) is 1.61. The summed E-state index contributed by atoms with van der Waals surface area (Å²) in [5.41, 5.74) is 4.26. The van der Waals surface area contributed by atoms with Crippen LogP contribution < -0.4 is 15.0 Å². The third-order valence-corrected chi connectivity index (χ3v) is 6.18. The van der Waals surface area contributed by atoms with Gasteiger partial charge in [-0.25, -0.2) is 0 Å². The van der Waals surface area contributed by atoms with Crippen molar-refractivity contribution in [1.82, 2.24) is 0 Å². The zero-order valence-corrected chi connectivity index (χ0v) is 17.6. The number of carbonyl (C=O) groups excluding carboxylic acids is 2. The second-order valence-corrected chi connectivity index (χ2v) is 8.14. The van der Waals surface area contributed by atoms with Gasteiger partial charge in [-0.3, -0.25) is 14.5 Å². The first-order chi connectivity index (χ1) is 14.5. The summed E-state index contributed by atoms with van der Waals surface area (Å²) < 4.78 is 5.30. The number of anilines is 2. The molecule has 0 aromatic heterocycles. The van der Waals surface area contributed by atoms with Gasteiger partial charge in [-0.05, 0) is 48.9 Å². The Hall–Kier alpha value is -3.25. The van der Waals surface area contributed by atoms with Crippen LogP contribution in [0.3, 0.4) is 0 Å². The second-order valence-electron chi connectivity index (χ2n) is 7.07. The number of amides is 2. The SMILES string of the molecule is COc1cccc(N2C(=O)CS[C@@H]2c2ccc(NC(=O)c3ccc(C)cc3)cc2)c1. The highest BCUT2D eigenvalue weighted by Crippen LogP contribution is 2.42. The Bertz CT molecular complexity index is 1060. The van der Waals surface area contributed by atoms with Crippen LogP contribution in [0, 0.1) is 6.92 Å². The van der Waals surface area contributed by atoms with E-state index in [0.29, 0.717) is 22.8 Å². The fraction of sp³-hybridized carbons (Fsp3) is 0.167. The van der Waals surface area contributed by atoms with E-state index in [4.69, 9.17) is 4.74 Å². The maximum Gasteiger partial charge on any atom is 0.255 e. The average Bonchev–Trinajstić information content (AvgIpc) is 3.16. The van der Waals surface area contributed by atoms with Gasteiger partial charge in [-0.2, -0.15) is 0 Å². The quantitative estimate of drug-likeness (QED) is 0.631. The van der Waals surface area contributed by atoms with E-state index in [1.807, 2.05) is 79.7 Å². The van der Waals surface area contributed by atoms with Crippen molar-refractivity contribution in [2.45, 2.75) is 12.3 Å². The molecule has 1 aliphatic rings. The molecule has 4 rings (SSSR count). The van der Waals surface area contributed by atoms with Crippen molar-refractivity contribution < 1.29 is 14.3 Å². The van der Waals surface area contributed by atoms with Crippen molar-refractivity contribution >= 4 is 35.0 Å². The lowest BCUT2D eigenvalue weighted by atomic mass is 10.1. The molecule has 0 unspecified atom stereocenters. The van der Waals surface area contributed by atoms with Gasteiger partial charge < -0.3 is 10.1 Å².